The van der Waals surface area contributed by atoms with Crippen molar-refractivity contribution in [2.24, 2.45) is 0 Å². The van der Waals surface area contributed by atoms with Crippen molar-refractivity contribution < 1.29 is 12.4 Å². The van der Waals surface area contributed by atoms with Crippen molar-refractivity contribution in [2.75, 3.05) is 24.6 Å². The van der Waals surface area contributed by atoms with Crippen LogP contribution >= 0.6 is 6.83 Å². The molecule has 0 amide bonds. The molecule has 0 radical (unpaired) electrons. The van der Waals surface area contributed by atoms with E-state index < -0.39 is 16.9 Å². The third-order valence-electron chi connectivity index (χ3n) is 17.7. The number of rotatable bonds is 60. The van der Waals surface area contributed by atoms with Gasteiger partial charge in [-0.1, -0.05) is 175 Å². The molecule has 0 spiro atoms. The molecular formula is C70H137O3PS. The van der Waals surface area contributed by atoms with Crippen LogP contribution in [0.3, 0.4) is 0 Å². The van der Waals surface area contributed by atoms with Crippen LogP contribution in [0.2, 0.25) is 0 Å². The molecular weight excluding hydrogens is 952 g/mol. The Morgan fingerprint density at radius 2 is 0.507 bits per heavy atom. The van der Waals surface area contributed by atoms with E-state index in [4.69, 9.17) is 3.97 Å². The Morgan fingerprint density at radius 3 is 0.773 bits per heavy atom. The van der Waals surface area contributed by atoms with Gasteiger partial charge in [-0.05, 0) is 0 Å². The van der Waals surface area contributed by atoms with Gasteiger partial charge in [0, 0.05) is 0 Å². The first kappa shape index (κ1) is 72.6. The molecule has 0 bridgehead atoms. The Balaban J connectivity index is 3.39. The monoisotopic (exact) mass is 1090 g/mol. The molecule has 5 heteroatoms. The van der Waals surface area contributed by atoms with Crippen molar-refractivity contribution >= 4 is 16.9 Å². The second kappa shape index (κ2) is 50.5. The van der Waals surface area contributed by atoms with Gasteiger partial charge in [-0.3, -0.25) is 0 Å². The van der Waals surface area contributed by atoms with Crippen LogP contribution in [-0.2, 0) is 33.4 Å². The van der Waals surface area contributed by atoms with Gasteiger partial charge >= 0.3 is 302 Å². The molecule has 0 atom stereocenters. The van der Waals surface area contributed by atoms with Crippen molar-refractivity contribution in [3.05, 3.63) is 28.8 Å². The summed E-state index contributed by atoms with van der Waals surface area (Å²) in [5, 5.41) is 0. The molecule has 75 heavy (non-hydrogen) atoms. The van der Waals surface area contributed by atoms with Crippen LogP contribution in [0.5, 0.6) is 0 Å². The van der Waals surface area contributed by atoms with E-state index in [1.165, 1.54) is 280 Å². The number of aryl methyl sites for hydroxylation is 1. The van der Waals surface area contributed by atoms with Crippen molar-refractivity contribution in [3.8, 4) is 0 Å². The van der Waals surface area contributed by atoms with Gasteiger partial charge in [-0.15, -0.1) is 0 Å². The third kappa shape index (κ3) is 36.5. The minimum Gasteiger partial charge on any atom is -0.0654 e. The van der Waals surface area contributed by atoms with Gasteiger partial charge in [0.2, 0.25) is 0 Å². The van der Waals surface area contributed by atoms with Crippen LogP contribution in [0.4, 0.5) is 0 Å². The van der Waals surface area contributed by atoms with Gasteiger partial charge in [0.15, 0.2) is 0 Å². The maximum atomic E-state index is 15.6. The van der Waals surface area contributed by atoms with Crippen LogP contribution in [0.15, 0.2) is 17.0 Å². The number of hydrogen-bond donors (Lipinski definition) is 0. The summed E-state index contributed by atoms with van der Waals surface area (Å²) in [4.78, 5) is 0.567. The first-order valence-electron chi connectivity index (χ1n) is 34.8. The van der Waals surface area contributed by atoms with Crippen molar-refractivity contribution in [1.82, 2.24) is 0 Å². The average molecular weight is 1090 g/mol. The molecule has 0 aromatic heterocycles. The summed E-state index contributed by atoms with van der Waals surface area (Å²) in [5.41, 5.74) is 4.03. The summed E-state index contributed by atoms with van der Waals surface area (Å²) in [6.07, 6.45) is 72.6. The topological polar surface area (TPSA) is 43.4 Å². The molecule has 0 unspecified atom stereocenters. The van der Waals surface area contributed by atoms with Crippen molar-refractivity contribution in [3.63, 3.8) is 0 Å². The third-order valence-corrected chi connectivity index (χ3v) is 26.9. The SMILES string of the molecule is CCCCCCCCCCCCCCCCc1ccc(S(=O)(=O)OP(CCCC)(CCCC)(CCCC)CCCC)c(CCCCCCCCCCCCCCCC)c1CCCCCCCCCCCCCCCC. The summed E-state index contributed by atoms with van der Waals surface area (Å²) < 4.78 is 38.7. The summed E-state index contributed by atoms with van der Waals surface area (Å²) in [6.45, 7) is 13.0. The smallest absolute Gasteiger partial charge is 0.0654 e. The minimum atomic E-state index is -3.99. The van der Waals surface area contributed by atoms with Gasteiger partial charge in [0.05, 0.1) is 0 Å². The van der Waals surface area contributed by atoms with Crippen LogP contribution in [0.25, 0.3) is 0 Å². The Bertz CT molecular complexity index is 1440. The first-order chi connectivity index (χ1) is 36.7. The van der Waals surface area contributed by atoms with E-state index in [1.807, 2.05) is 0 Å². The maximum absolute atomic E-state index is 15.6. The standard InChI is InChI=1S/C70H137O3PS/c1-8-15-22-25-28-31-34-37-40-43-46-49-52-55-58-67-61-62-70(75(71,72)73-74(63-18-11-4,64-19-12-5,65-20-13-6)66-21-14-7)69(60-57-54-51-48-45-42-39-36-33-30-27-24-17-10-3)68(67)59-56-53-50-47-44-41-38-35-32-29-26-23-16-9-2/h61-62H,8-60,63-66H2,1-7H3. The van der Waals surface area contributed by atoms with Crippen LogP contribution < -0.4 is 0 Å². The molecule has 1 rings (SSSR count). The van der Waals surface area contributed by atoms with E-state index in [0.717, 1.165) is 102 Å². The molecule has 0 saturated heterocycles. The first-order valence-corrected chi connectivity index (χ1v) is 39.1. The van der Waals surface area contributed by atoms with E-state index in [0.29, 0.717) is 4.90 Å². The molecule has 446 valence electrons. The second-order valence-corrected chi connectivity index (χ2v) is 32.4. The predicted octanol–water partition coefficient (Wildman–Crippen LogP) is 25.1. The quantitative estimate of drug-likeness (QED) is 0.0482. The van der Waals surface area contributed by atoms with E-state index in [9.17, 15) is 0 Å². The molecule has 1 aromatic carbocycles. The number of hydrogen-bond acceptors (Lipinski definition) is 3. The Labute approximate surface area is 473 Å². The Morgan fingerprint density at radius 1 is 0.280 bits per heavy atom. The molecule has 3 nitrogen and oxygen atoms in total. The van der Waals surface area contributed by atoms with E-state index in [2.05, 4.69) is 60.6 Å². The zero-order chi connectivity index (χ0) is 54.7. The second-order valence-electron chi connectivity index (χ2n) is 24.9. The van der Waals surface area contributed by atoms with E-state index >= 15 is 8.42 Å². The van der Waals surface area contributed by atoms with Gasteiger partial charge < -0.3 is 0 Å². The Hall–Kier alpha value is -0.440. The molecule has 0 aliphatic carbocycles. The minimum absolute atomic E-state index is 0.567. The number of benzene rings is 1. The van der Waals surface area contributed by atoms with Crippen molar-refractivity contribution in [2.45, 2.75) is 394 Å². The summed E-state index contributed by atoms with van der Waals surface area (Å²) in [6, 6.07) is 4.37. The molecule has 0 aliphatic heterocycles. The molecule has 0 fully saturated rings. The molecule has 0 saturated carbocycles. The van der Waals surface area contributed by atoms with E-state index in [1.54, 1.807) is 0 Å². The molecule has 0 heterocycles. The van der Waals surface area contributed by atoms with E-state index in [-0.39, 0.29) is 0 Å². The Kier molecular flexibility index (Phi) is 48.9. The fourth-order valence-corrected chi connectivity index (χ4v) is 22.9. The van der Waals surface area contributed by atoms with Crippen molar-refractivity contribution in [1.29, 1.82) is 0 Å². The fraction of sp³-hybridized carbons (Fsp3) is 0.914. The zero-order valence-corrected chi connectivity index (χ0v) is 54.3. The van der Waals surface area contributed by atoms with Gasteiger partial charge in [-0.25, -0.2) is 0 Å². The summed E-state index contributed by atoms with van der Waals surface area (Å²) in [5.74, 6) is 0. The average Bonchev–Trinajstić information content (AvgIpc) is 3.41. The van der Waals surface area contributed by atoms with Gasteiger partial charge in [0.1, 0.15) is 0 Å². The van der Waals surface area contributed by atoms with Gasteiger partial charge in [-0.2, -0.15) is 0 Å². The summed E-state index contributed by atoms with van der Waals surface area (Å²) in [7, 11) is -3.99. The van der Waals surface area contributed by atoms with Crippen LogP contribution in [0, 0.1) is 0 Å². The fourth-order valence-electron chi connectivity index (χ4n) is 12.6. The molecule has 0 N–H and O–H groups in total. The predicted molar refractivity (Wildman–Crippen MR) is 343 cm³/mol. The number of unbranched alkanes of at least 4 members (excludes halogenated alkanes) is 43. The zero-order valence-electron chi connectivity index (χ0n) is 52.5. The summed E-state index contributed by atoms with van der Waals surface area (Å²) >= 11 is 0. The van der Waals surface area contributed by atoms with Crippen LogP contribution in [-0.4, -0.2) is 33.1 Å². The van der Waals surface area contributed by atoms with Crippen LogP contribution in [0.1, 0.15) is 386 Å². The molecule has 0 aliphatic rings. The molecule has 1 aromatic rings. The van der Waals surface area contributed by atoms with Gasteiger partial charge in [0.25, 0.3) is 0 Å². The normalized spacial score (nSPS) is 12.8.